The number of nitrogens with one attached hydrogen (secondary N) is 1. The van der Waals surface area contributed by atoms with Crippen LogP contribution >= 0.6 is 0 Å². The Morgan fingerprint density at radius 3 is 2.11 bits per heavy atom. The van der Waals surface area contributed by atoms with Crippen LogP contribution in [0.1, 0.15) is 57.8 Å². The molecule has 2 rings (SSSR count). The van der Waals surface area contributed by atoms with E-state index in [4.69, 9.17) is 5.11 Å². The first-order valence-electron chi connectivity index (χ1n) is 7.24. The van der Waals surface area contributed by atoms with Gasteiger partial charge in [-0.05, 0) is 44.4 Å². The van der Waals surface area contributed by atoms with Gasteiger partial charge in [0.2, 0.25) is 10.0 Å². The molecule has 4 nitrogen and oxygen atoms in total. The van der Waals surface area contributed by atoms with Crippen molar-refractivity contribution < 1.29 is 13.5 Å². The molecular formula is C13H25NO3S. The Morgan fingerprint density at radius 1 is 0.944 bits per heavy atom. The molecule has 2 fully saturated rings. The molecule has 106 valence electrons. The number of sulfonamides is 1. The van der Waals surface area contributed by atoms with Crippen molar-refractivity contribution in [1.29, 1.82) is 0 Å². The molecule has 0 aromatic carbocycles. The highest BCUT2D eigenvalue weighted by Gasteiger charge is 2.30. The molecule has 2 aliphatic rings. The summed E-state index contributed by atoms with van der Waals surface area (Å²) in [5.74, 6) is 0.375. The molecular weight excluding hydrogens is 250 g/mol. The van der Waals surface area contributed by atoms with E-state index in [-0.39, 0.29) is 17.9 Å². The van der Waals surface area contributed by atoms with Gasteiger partial charge in [-0.2, -0.15) is 0 Å². The van der Waals surface area contributed by atoms with Gasteiger partial charge in [0.25, 0.3) is 0 Å². The molecule has 2 aliphatic carbocycles. The second-order valence-corrected chi connectivity index (χ2v) is 7.82. The summed E-state index contributed by atoms with van der Waals surface area (Å²) < 4.78 is 27.4. The highest BCUT2D eigenvalue weighted by molar-refractivity contribution is 7.90. The summed E-state index contributed by atoms with van der Waals surface area (Å²) in [4.78, 5) is 0. The molecule has 0 aromatic rings. The lowest BCUT2D eigenvalue weighted by Gasteiger charge is -2.30. The van der Waals surface area contributed by atoms with Crippen molar-refractivity contribution in [1.82, 2.24) is 4.72 Å². The highest BCUT2D eigenvalue weighted by atomic mass is 32.2. The van der Waals surface area contributed by atoms with Crippen molar-refractivity contribution in [2.45, 2.75) is 69.1 Å². The van der Waals surface area contributed by atoms with Crippen LogP contribution < -0.4 is 4.72 Å². The Balaban J connectivity index is 1.84. The van der Waals surface area contributed by atoms with Crippen LogP contribution in [0.25, 0.3) is 0 Å². The van der Waals surface area contributed by atoms with Gasteiger partial charge in [-0.3, -0.25) is 0 Å². The predicted molar refractivity (Wildman–Crippen MR) is 71.8 cm³/mol. The molecule has 0 atom stereocenters. The molecule has 0 heterocycles. The first kappa shape index (κ1) is 14.3. The number of aliphatic hydroxyl groups excluding tert-OH is 1. The van der Waals surface area contributed by atoms with Gasteiger partial charge in [-0.1, -0.05) is 19.3 Å². The predicted octanol–water partition coefficient (Wildman–Crippen LogP) is 1.79. The number of aliphatic hydroxyl groups is 1. The molecule has 0 spiro atoms. The van der Waals surface area contributed by atoms with E-state index in [1.165, 1.54) is 6.42 Å². The largest absolute Gasteiger partial charge is 0.396 e. The average molecular weight is 275 g/mol. The molecule has 0 unspecified atom stereocenters. The van der Waals surface area contributed by atoms with E-state index in [0.29, 0.717) is 5.92 Å². The lowest BCUT2D eigenvalue weighted by atomic mass is 9.87. The molecule has 2 saturated carbocycles. The second kappa shape index (κ2) is 6.35. The van der Waals surface area contributed by atoms with E-state index in [0.717, 1.165) is 51.4 Å². The number of hydrogen-bond acceptors (Lipinski definition) is 3. The van der Waals surface area contributed by atoms with E-state index in [1.54, 1.807) is 0 Å². The van der Waals surface area contributed by atoms with E-state index in [1.807, 2.05) is 0 Å². The van der Waals surface area contributed by atoms with Crippen molar-refractivity contribution in [2.75, 3.05) is 6.61 Å². The first-order valence-corrected chi connectivity index (χ1v) is 8.78. The zero-order valence-electron chi connectivity index (χ0n) is 11.0. The molecule has 5 heteroatoms. The topological polar surface area (TPSA) is 66.4 Å². The third-order valence-corrected chi connectivity index (χ3v) is 6.44. The van der Waals surface area contributed by atoms with Crippen LogP contribution in [-0.4, -0.2) is 31.4 Å². The van der Waals surface area contributed by atoms with Crippen molar-refractivity contribution in [3.8, 4) is 0 Å². The third-order valence-electron chi connectivity index (χ3n) is 4.43. The maximum absolute atomic E-state index is 12.2. The summed E-state index contributed by atoms with van der Waals surface area (Å²) in [6, 6.07) is 0.0970. The SMILES string of the molecule is O=S(=O)(NC1CCC(CO)CC1)C1CCCCC1. The lowest BCUT2D eigenvalue weighted by molar-refractivity contribution is 0.180. The van der Waals surface area contributed by atoms with Crippen LogP contribution in [0.5, 0.6) is 0 Å². The summed E-state index contributed by atoms with van der Waals surface area (Å²) in [7, 11) is -3.12. The Bertz CT molecular complexity index is 341. The molecule has 0 saturated heterocycles. The van der Waals surface area contributed by atoms with E-state index < -0.39 is 10.0 Å². The van der Waals surface area contributed by atoms with Crippen molar-refractivity contribution in [3.05, 3.63) is 0 Å². The van der Waals surface area contributed by atoms with E-state index in [2.05, 4.69) is 4.72 Å². The minimum absolute atomic E-state index is 0.0970. The van der Waals surface area contributed by atoms with E-state index >= 15 is 0 Å². The van der Waals surface area contributed by atoms with E-state index in [9.17, 15) is 8.42 Å². The molecule has 0 amide bonds. The Morgan fingerprint density at radius 2 is 1.56 bits per heavy atom. The van der Waals surface area contributed by atoms with Gasteiger partial charge in [0.1, 0.15) is 0 Å². The van der Waals surface area contributed by atoms with Gasteiger partial charge in [0.05, 0.1) is 5.25 Å². The molecule has 0 aromatic heterocycles. The Kier molecular flexibility index (Phi) is 5.04. The van der Waals surface area contributed by atoms with Gasteiger partial charge in [0, 0.05) is 12.6 Å². The summed E-state index contributed by atoms with van der Waals surface area (Å²) in [5.41, 5.74) is 0. The summed E-state index contributed by atoms with van der Waals surface area (Å²) >= 11 is 0. The van der Waals surface area contributed by atoms with Crippen molar-refractivity contribution in [3.63, 3.8) is 0 Å². The van der Waals surface area contributed by atoms with Crippen LogP contribution in [0.4, 0.5) is 0 Å². The normalized spacial score (nSPS) is 31.4. The quantitative estimate of drug-likeness (QED) is 0.822. The summed E-state index contributed by atoms with van der Waals surface area (Å²) in [5, 5.41) is 8.91. The first-order chi connectivity index (χ1) is 8.62. The molecule has 0 radical (unpaired) electrons. The average Bonchev–Trinajstić information content (AvgIpc) is 2.40. The lowest BCUT2D eigenvalue weighted by Crippen LogP contribution is -2.43. The molecule has 2 N–H and O–H groups in total. The summed E-state index contributed by atoms with van der Waals surface area (Å²) in [6.45, 7) is 0.238. The number of rotatable bonds is 4. The standard InChI is InChI=1S/C13H25NO3S/c15-10-11-6-8-12(9-7-11)14-18(16,17)13-4-2-1-3-5-13/h11-15H,1-10H2. The van der Waals surface area contributed by atoms with Crippen LogP contribution in [-0.2, 0) is 10.0 Å². The fraction of sp³-hybridized carbons (Fsp3) is 1.00. The number of hydrogen-bond donors (Lipinski definition) is 2. The van der Waals surface area contributed by atoms with Gasteiger partial charge in [-0.25, -0.2) is 13.1 Å². The van der Waals surface area contributed by atoms with Crippen LogP contribution in [0.15, 0.2) is 0 Å². The van der Waals surface area contributed by atoms with Crippen molar-refractivity contribution in [2.24, 2.45) is 5.92 Å². The monoisotopic (exact) mass is 275 g/mol. The summed E-state index contributed by atoms with van der Waals surface area (Å²) in [6.07, 6.45) is 8.53. The smallest absolute Gasteiger partial charge is 0.214 e. The van der Waals surface area contributed by atoms with Gasteiger partial charge in [0.15, 0.2) is 0 Å². The fourth-order valence-corrected chi connectivity index (χ4v) is 5.01. The molecule has 0 bridgehead atoms. The van der Waals surface area contributed by atoms with Gasteiger partial charge < -0.3 is 5.11 Å². The van der Waals surface area contributed by atoms with Crippen LogP contribution in [0, 0.1) is 5.92 Å². The zero-order valence-corrected chi connectivity index (χ0v) is 11.8. The third kappa shape index (κ3) is 3.68. The van der Waals surface area contributed by atoms with Crippen LogP contribution in [0.3, 0.4) is 0 Å². The second-order valence-electron chi connectivity index (χ2n) is 5.82. The minimum Gasteiger partial charge on any atom is -0.396 e. The van der Waals surface area contributed by atoms with Gasteiger partial charge >= 0.3 is 0 Å². The Hall–Kier alpha value is -0.130. The molecule has 18 heavy (non-hydrogen) atoms. The van der Waals surface area contributed by atoms with Crippen LogP contribution in [0.2, 0.25) is 0 Å². The highest BCUT2D eigenvalue weighted by Crippen LogP contribution is 2.27. The maximum Gasteiger partial charge on any atom is 0.214 e. The van der Waals surface area contributed by atoms with Gasteiger partial charge in [-0.15, -0.1) is 0 Å². The minimum atomic E-state index is -3.12. The van der Waals surface area contributed by atoms with Crippen molar-refractivity contribution >= 4 is 10.0 Å². The molecule has 0 aliphatic heterocycles. The maximum atomic E-state index is 12.2. The zero-order chi connectivity index (χ0) is 13.0. The fourth-order valence-electron chi connectivity index (χ4n) is 3.17. The Labute approximate surface area is 110 Å².